The minimum atomic E-state index is 0. The molecule has 1 fully saturated rings. The van der Waals surface area contributed by atoms with Crippen molar-refractivity contribution in [3.05, 3.63) is 48.0 Å². The second kappa shape index (κ2) is 7.80. The van der Waals surface area contributed by atoms with Crippen molar-refractivity contribution in [3.8, 4) is 0 Å². The highest BCUT2D eigenvalue weighted by molar-refractivity contribution is 5.87. The van der Waals surface area contributed by atoms with Gasteiger partial charge in [0.1, 0.15) is 0 Å². The van der Waals surface area contributed by atoms with E-state index in [4.69, 9.17) is 0 Å². The van der Waals surface area contributed by atoms with E-state index in [-0.39, 0.29) is 30.3 Å². The van der Waals surface area contributed by atoms with Gasteiger partial charge in [-0.2, -0.15) is 0 Å². The largest absolute Gasteiger partial charge is 0.349 e. The second-order valence-corrected chi connectivity index (χ2v) is 6.38. The average Bonchev–Trinajstić information content (AvgIpc) is 2.54. The van der Waals surface area contributed by atoms with E-state index < -0.39 is 0 Å². The summed E-state index contributed by atoms with van der Waals surface area (Å²) in [4.78, 5) is 12.5. The Morgan fingerprint density at radius 2 is 1.96 bits per heavy atom. The lowest BCUT2D eigenvalue weighted by Crippen LogP contribution is -2.42. The number of rotatable bonds is 3. The lowest BCUT2D eigenvalue weighted by molar-refractivity contribution is -0.126. The maximum atomic E-state index is 12.5. The number of piperidine rings is 1. The Balaban J connectivity index is 0.00000192. The van der Waals surface area contributed by atoms with E-state index in [0.29, 0.717) is 6.04 Å². The van der Waals surface area contributed by atoms with Crippen LogP contribution in [0.25, 0.3) is 10.8 Å². The monoisotopic (exact) mass is 332 g/mol. The van der Waals surface area contributed by atoms with E-state index in [0.717, 1.165) is 19.4 Å². The Labute approximate surface area is 144 Å². The summed E-state index contributed by atoms with van der Waals surface area (Å²) in [5, 5.41) is 9.05. The van der Waals surface area contributed by atoms with Crippen LogP contribution in [-0.2, 0) is 4.79 Å². The molecule has 1 aliphatic heterocycles. The minimum absolute atomic E-state index is 0. The summed E-state index contributed by atoms with van der Waals surface area (Å²) in [5.74, 6) is 0.322. The van der Waals surface area contributed by atoms with Crippen LogP contribution in [0.15, 0.2) is 42.5 Å². The number of halogens is 1. The smallest absolute Gasteiger partial charge is 0.223 e. The maximum Gasteiger partial charge on any atom is 0.223 e. The molecule has 1 saturated heterocycles. The van der Waals surface area contributed by atoms with E-state index >= 15 is 0 Å². The zero-order valence-electron chi connectivity index (χ0n) is 13.7. The highest BCUT2D eigenvalue weighted by atomic mass is 35.5. The molecular formula is C19H25ClN2O. The molecule has 0 radical (unpaired) electrons. The molecule has 3 rings (SSSR count). The number of hydrogen-bond acceptors (Lipinski definition) is 2. The van der Waals surface area contributed by atoms with Crippen molar-refractivity contribution in [3.63, 3.8) is 0 Å². The zero-order chi connectivity index (χ0) is 15.5. The SMILES string of the molecule is CC(NC(=O)[C@H]1CCN[C@@H](C)C1)c1cccc2ccccc12.Cl. The number of fused-ring (bicyclic) bond motifs is 1. The molecule has 1 unspecified atom stereocenters. The van der Waals surface area contributed by atoms with Gasteiger partial charge in [0.25, 0.3) is 0 Å². The van der Waals surface area contributed by atoms with Crippen LogP contribution in [-0.4, -0.2) is 18.5 Å². The van der Waals surface area contributed by atoms with Gasteiger partial charge in [-0.25, -0.2) is 0 Å². The van der Waals surface area contributed by atoms with Gasteiger partial charge in [-0.05, 0) is 49.6 Å². The van der Waals surface area contributed by atoms with Crippen LogP contribution in [0.5, 0.6) is 0 Å². The van der Waals surface area contributed by atoms with E-state index in [2.05, 4.69) is 60.9 Å². The molecule has 1 aliphatic rings. The van der Waals surface area contributed by atoms with Gasteiger partial charge in [0.05, 0.1) is 6.04 Å². The Morgan fingerprint density at radius 3 is 2.74 bits per heavy atom. The molecule has 0 aliphatic carbocycles. The number of carbonyl (C=O) groups excluding carboxylic acids is 1. The van der Waals surface area contributed by atoms with Crippen molar-refractivity contribution in [2.45, 2.75) is 38.8 Å². The molecule has 2 aromatic carbocycles. The first kappa shape index (κ1) is 17.8. The Hall–Kier alpha value is -1.58. The third-order valence-corrected chi connectivity index (χ3v) is 4.64. The number of carbonyl (C=O) groups is 1. The van der Waals surface area contributed by atoms with E-state index in [1.54, 1.807) is 0 Å². The molecule has 0 spiro atoms. The highest BCUT2D eigenvalue weighted by Gasteiger charge is 2.25. The molecule has 23 heavy (non-hydrogen) atoms. The quantitative estimate of drug-likeness (QED) is 0.897. The summed E-state index contributed by atoms with van der Waals surface area (Å²) in [6, 6.07) is 15.1. The topological polar surface area (TPSA) is 41.1 Å². The zero-order valence-corrected chi connectivity index (χ0v) is 14.5. The average molecular weight is 333 g/mol. The molecule has 3 nitrogen and oxygen atoms in total. The molecule has 2 aromatic rings. The molecule has 1 amide bonds. The second-order valence-electron chi connectivity index (χ2n) is 6.38. The summed E-state index contributed by atoms with van der Waals surface area (Å²) in [6.45, 7) is 5.15. The lowest BCUT2D eigenvalue weighted by Gasteiger charge is -2.28. The molecule has 124 valence electrons. The first-order valence-electron chi connectivity index (χ1n) is 8.16. The van der Waals surface area contributed by atoms with E-state index in [1.165, 1.54) is 16.3 Å². The van der Waals surface area contributed by atoms with Gasteiger partial charge in [0.15, 0.2) is 0 Å². The van der Waals surface area contributed by atoms with Gasteiger partial charge in [-0.1, -0.05) is 42.5 Å². The van der Waals surface area contributed by atoms with Gasteiger partial charge in [-0.15, -0.1) is 12.4 Å². The first-order valence-corrected chi connectivity index (χ1v) is 8.16. The molecule has 3 atom stereocenters. The van der Waals surface area contributed by atoms with Crippen LogP contribution < -0.4 is 10.6 Å². The fourth-order valence-electron chi connectivity index (χ4n) is 3.41. The normalized spacial score (nSPS) is 22.2. The maximum absolute atomic E-state index is 12.5. The van der Waals surface area contributed by atoms with Crippen LogP contribution >= 0.6 is 12.4 Å². The van der Waals surface area contributed by atoms with Crippen molar-refractivity contribution in [1.82, 2.24) is 10.6 Å². The summed E-state index contributed by atoms with van der Waals surface area (Å²) < 4.78 is 0. The van der Waals surface area contributed by atoms with Gasteiger partial charge in [0, 0.05) is 12.0 Å². The van der Waals surface area contributed by atoms with Crippen LogP contribution in [0.1, 0.15) is 38.3 Å². The van der Waals surface area contributed by atoms with Crippen LogP contribution in [0.2, 0.25) is 0 Å². The van der Waals surface area contributed by atoms with Gasteiger partial charge >= 0.3 is 0 Å². The first-order chi connectivity index (χ1) is 10.6. The number of benzene rings is 2. The molecule has 2 N–H and O–H groups in total. The molecule has 0 bridgehead atoms. The third kappa shape index (κ3) is 4.04. The molecule has 1 heterocycles. The Morgan fingerprint density at radius 1 is 1.22 bits per heavy atom. The van der Waals surface area contributed by atoms with Crippen LogP contribution in [0.4, 0.5) is 0 Å². The van der Waals surface area contributed by atoms with Crippen LogP contribution in [0, 0.1) is 5.92 Å². The number of hydrogen-bond donors (Lipinski definition) is 2. The van der Waals surface area contributed by atoms with Crippen molar-refractivity contribution in [1.29, 1.82) is 0 Å². The third-order valence-electron chi connectivity index (χ3n) is 4.64. The predicted octanol–water partition coefficient (Wildman–Crippen LogP) is 3.83. The molecule has 4 heteroatoms. The van der Waals surface area contributed by atoms with Crippen LogP contribution in [0.3, 0.4) is 0 Å². The van der Waals surface area contributed by atoms with Crippen molar-refractivity contribution in [2.75, 3.05) is 6.54 Å². The standard InChI is InChI=1S/C19H24N2O.ClH/c1-13-12-16(10-11-20-13)19(22)21-14(2)17-9-5-7-15-6-3-4-8-18(15)17;/h3-9,13-14,16,20H,10-12H2,1-2H3,(H,21,22);1H/t13-,14?,16-;/m0./s1. The fraction of sp³-hybridized carbons (Fsp3) is 0.421. The Kier molecular flexibility index (Phi) is 6.03. The van der Waals surface area contributed by atoms with Gasteiger partial charge in [0.2, 0.25) is 5.91 Å². The minimum Gasteiger partial charge on any atom is -0.349 e. The summed E-state index contributed by atoms with van der Waals surface area (Å²) in [7, 11) is 0. The van der Waals surface area contributed by atoms with Crippen molar-refractivity contribution < 1.29 is 4.79 Å². The van der Waals surface area contributed by atoms with E-state index in [1.807, 2.05) is 6.07 Å². The fourth-order valence-corrected chi connectivity index (χ4v) is 3.41. The van der Waals surface area contributed by atoms with E-state index in [9.17, 15) is 4.79 Å². The lowest BCUT2D eigenvalue weighted by atomic mass is 9.91. The van der Waals surface area contributed by atoms with Crippen molar-refractivity contribution >= 4 is 29.1 Å². The summed E-state index contributed by atoms with van der Waals surface area (Å²) in [6.07, 6.45) is 1.85. The van der Waals surface area contributed by atoms with Crippen molar-refractivity contribution in [2.24, 2.45) is 5.92 Å². The highest BCUT2D eigenvalue weighted by Crippen LogP contribution is 2.25. The number of amides is 1. The molecule has 0 aromatic heterocycles. The summed E-state index contributed by atoms with van der Waals surface area (Å²) >= 11 is 0. The van der Waals surface area contributed by atoms with Gasteiger partial charge in [-0.3, -0.25) is 4.79 Å². The molecular weight excluding hydrogens is 308 g/mol. The summed E-state index contributed by atoms with van der Waals surface area (Å²) in [5.41, 5.74) is 1.19. The number of nitrogens with one attached hydrogen (secondary N) is 2. The predicted molar refractivity (Wildman–Crippen MR) is 97.9 cm³/mol. The van der Waals surface area contributed by atoms with Gasteiger partial charge < -0.3 is 10.6 Å². The Bertz CT molecular complexity index is 668. The molecule has 0 saturated carbocycles.